The number of rotatable bonds is 3. The number of hydrogen-bond acceptors (Lipinski definition) is 5. The van der Waals surface area contributed by atoms with E-state index in [0.29, 0.717) is 12.5 Å². The van der Waals surface area contributed by atoms with Crippen LogP contribution in [0, 0.1) is 3.57 Å². The summed E-state index contributed by atoms with van der Waals surface area (Å²) in [5.74, 6) is 0.625. The maximum absolute atomic E-state index is 5.55. The molecule has 1 unspecified atom stereocenters. The van der Waals surface area contributed by atoms with E-state index in [-0.39, 0.29) is 6.10 Å². The van der Waals surface area contributed by atoms with E-state index in [0.717, 1.165) is 23.3 Å². The van der Waals surface area contributed by atoms with Crippen LogP contribution >= 0.6 is 22.6 Å². The molecule has 15 heavy (non-hydrogen) atoms. The van der Waals surface area contributed by atoms with Crippen molar-refractivity contribution in [2.45, 2.75) is 6.10 Å². The Labute approximate surface area is 102 Å². The Hall–Kier alpha value is -0.470. The Morgan fingerprint density at radius 1 is 1.67 bits per heavy atom. The minimum Gasteiger partial charge on any atom is -0.474 e. The lowest BCUT2D eigenvalue weighted by atomic mass is 10.3. The van der Waals surface area contributed by atoms with Crippen LogP contribution in [0.1, 0.15) is 0 Å². The Kier molecular flexibility index (Phi) is 4.09. The molecule has 0 amide bonds. The molecular formula is C9H12IN3O2. The average molecular weight is 321 g/mol. The van der Waals surface area contributed by atoms with Crippen LogP contribution in [0.15, 0.2) is 12.5 Å². The zero-order valence-electron chi connectivity index (χ0n) is 8.15. The highest BCUT2D eigenvalue weighted by molar-refractivity contribution is 14.1. The molecule has 1 N–H and O–H groups in total. The van der Waals surface area contributed by atoms with Crippen LogP contribution in [0.4, 0.5) is 0 Å². The van der Waals surface area contributed by atoms with Crippen molar-refractivity contribution in [3.63, 3.8) is 0 Å². The summed E-state index contributed by atoms with van der Waals surface area (Å²) in [6, 6.07) is 0. The normalized spacial score (nSPS) is 21.3. The molecule has 1 aromatic heterocycles. The van der Waals surface area contributed by atoms with Crippen LogP contribution in [0.2, 0.25) is 0 Å². The second-order valence-corrected chi connectivity index (χ2v) is 4.35. The molecule has 0 spiro atoms. The first-order chi connectivity index (χ1) is 7.36. The van der Waals surface area contributed by atoms with E-state index in [2.05, 4.69) is 37.9 Å². The molecule has 1 aromatic rings. The van der Waals surface area contributed by atoms with Gasteiger partial charge in [-0.15, -0.1) is 0 Å². The molecule has 1 saturated heterocycles. The Morgan fingerprint density at radius 3 is 3.33 bits per heavy atom. The number of nitrogens with one attached hydrogen (secondary N) is 1. The Bertz CT molecular complexity index is 318. The molecule has 1 aliphatic rings. The van der Waals surface area contributed by atoms with Crippen molar-refractivity contribution >= 4 is 22.6 Å². The fraction of sp³-hybridized carbons (Fsp3) is 0.556. The van der Waals surface area contributed by atoms with Crippen LogP contribution in [0.3, 0.4) is 0 Å². The number of aromatic nitrogens is 2. The summed E-state index contributed by atoms with van der Waals surface area (Å²) in [5.41, 5.74) is 0. The molecule has 0 aromatic carbocycles. The van der Waals surface area contributed by atoms with Gasteiger partial charge in [0.25, 0.3) is 0 Å². The fourth-order valence-corrected chi connectivity index (χ4v) is 1.76. The van der Waals surface area contributed by atoms with E-state index in [4.69, 9.17) is 9.47 Å². The van der Waals surface area contributed by atoms with Gasteiger partial charge in [0.15, 0.2) is 0 Å². The largest absolute Gasteiger partial charge is 0.474 e. The van der Waals surface area contributed by atoms with Gasteiger partial charge in [-0.1, -0.05) is 0 Å². The molecule has 0 radical (unpaired) electrons. The quantitative estimate of drug-likeness (QED) is 0.819. The highest BCUT2D eigenvalue weighted by Crippen LogP contribution is 2.15. The maximum Gasteiger partial charge on any atom is 0.230 e. The van der Waals surface area contributed by atoms with Crippen LogP contribution < -0.4 is 10.1 Å². The van der Waals surface area contributed by atoms with Gasteiger partial charge in [-0.3, -0.25) is 0 Å². The van der Waals surface area contributed by atoms with Gasteiger partial charge < -0.3 is 14.8 Å². The van der Waals surface area contributed by atoms with Gasteiger partial charge in [0.2, 0.25) is 5.88 Å². The SMILES string of the molecule is Ic1cncnc1OCC1CNCCO1. The van der Waals surface area contributed by atoms with Gasteiger partial charge >= 0.3 is 0 Å². The van der Waals surface area contributed by atoms with Crippen LogP contribution in [-0.2, 0) is 4.74 Å². The minimum atomic E-state index is 0.115. The summed E-state index contributed by atoms with van der Waals surface area (Å²) in [5, 5.41) is 3.25. The number of nitrogens with zero attached hydrogens (tertiary/aromatic N) is 2. The zero-order valence-corrected chi connectivity index (χ0v) is 10.3. The summed E-state index contributed by atoms with van der Waals surface area (Å²) in [4.78, 5) is 7.94. The second-order valence-electron chi connectivity index (χ2n) is 3.18. The second kappa shape index (κ2) is 5.57. The Balaban J connectivity index is 1.84. The van der Waals surface area contributed by atoms with Crippen molar-refractivity contribution in [1.82, 2.24) is 15.3 Å². The molecule has 2 rings (SSSR count). The molecule has 1 atom stereocenters. The summed E-state index contributed by atoms with van der Waals surface area (Å²) in [7, 11) is 0. The predicted octanol–water partition coefficient (Wildman–Crippen LogP) is 0.448. The van der Waals surface area contributed by atoms with E-state index >= 15 is 0 Å². The molecule has 1 aliphatic heterocycles. The third-order valence-corrected chi connectivity index (χ3v) is 2.78. The molecule has 1 fully saturated rings. The maximum atomic E-state index is 5.55. The molecule has 6 heteroatoms. The first-order valence-electron chi connectivity index (χ1n) is 4.77. The van der Waals surface area contributed by atoms with Crippen LogP contribution in [0.5, 0.6) is 5.88 Å². The first kappa shape index (κ1) is 11.0. The lowest BCUT2D eigenvalue weighted by Gasteiger charge is -2.23. The van der Waals surface area contributed by atoms with E-state index in [1.54, 1.807) is 6.20 Å². The van der Waals surface area contributed by atoms with Crippen LogP contribution in [0.25, 0.3) is 0 Å². The number of ether oxygens (including phenoxy) is 2. The lowest BCUT2D eigenvalue weighted by Crippen LogP contribution is -2.41. The van der Waals surface area contributed by atoms with Crippen molar-refractivity contribution in [2.24, 2.45) is 0 Å². The molecule has 0 bridgehead atoms. The summed E-state index contributed by atoms with van der Waals surface area (Å²) in [6.07, 6.45) is 3.32. The number of hydrogen-bond donors (Lipinski definition) is 1. The van der Waals surface area contributed by atoms with Gasteiger partial charge in [-0.25, -0.2) is 9.97 Å². The lowest BCUT2D eigenvalue weighted by molar-refractivity contribution is -0.000968. The molecule has 0 aliphatic carbocycles. The van der Waals surface area contributed by atoms with Crippen molar-refractivity contribution in [3.8, 4) is 5.88 Å². The summed E-state index contributed by atoms with van der Waals surface area (Å²) in [6.45, 7) is 3.03. The molecule has 0 saturated carbocycles. The van der Waals surface area contributed by atoms with E-state index < -0.39 is 0 Å². The van der Waals surface area contributed by atoms with E-state index in [9.17, 15) is 0 Å². The molecular weight excluding hydrogens is 309 g/mol. The summed E-state index contributed by atoms with van der Waals surface area (Å²) >= 11 is 2.15. The highest BCUT2D eigenvalue weighted by Gasteiger charge is 2.14. The van der Waals surface area contributed by atoms with Gasteiger partial charge in [0.05, 0.1) is 10.2 Å². The smallest absolute Gasteiger partial charge is 0.230 e. The fourth-order valence-electron chi connectivity index (χ4n) is 1.31. The molecule has 2 heterocycles. The van der Waals surface area contributed by atoms with Crippen molar-refractivity contribution in [1.29, 1.82) is 0 Å². The van der Waals surface area contributed by atoms with Gasteiger partial charge in [-0.05, 0) is 22.6 Å². The third-order valence-electron chi connectivity index (χ3n) is 2.04. The van der Waals surface area contributed by atoms with E-state index in [1.165, 1.54) is 6.33 Å². The van der Waals surface area contributed by atoms with Crippen LogP contribution in [-0.4, -0.2) is 42.4 Å². The molecule has 82 valence electrons. The van der Waals surface area contributed by atoms with Crippen molar-refractivity contribution < 1.29 is 9.47 Å². The first-order valence-corrected chi connectivity index (χ1v) is 5.85. The van der Waals surface area contributed by atoms with Crippen molar-refractivity contribution in [2.75, 3.05) is 26.3 Å². The molecule has 5 nitrogen and oxygen atoms in total. The Morgan fingerprint density at radius 2 is 2.60 bits per heavy atom. The average Bonchev–Trinajstić information content (AvgIpc) is 2.29. The monoisotopic (exact) mass is 321 g/mol. The van der Waals surface area contributed by atoms with Gasteiger partial charge in [0.1, 0.15) is 19.0 Å². The predicted molar refractivity (Wildman–Crippen MR) is 62.9 cm³/mol. The van der Waals surface area contributed by atoms with Crippen molar-refractivity contribution in [3.05, 3.63) is 16.1 Å². The van der Waals surface area contributed by atoms with E-state index in [1.807, 2.05) is 0 Å². The standard InChI is InChI=1S/C9H12IN3O2/c10-8-4-12-6-13-9(8)15-5-7-3-11-1-2-14-7/h4,6-7,11H,1-3,5H2. The third kappa shape index (κ3) is 3.25. The topological polar surface area (TPSA) is 56.3 Å². The number of halogens is 1. The van der Waals surface area contributed by atoms with Gasteiger partial charge in [0, 0.05) is 19.3 Å². The zero-order chi connectivity index (χ0) is 10.5. The van der Waals surface area contributed by atoms with Gasteiger partial charge in [-0.2, -0.15) is 0 Å². The minimum absolute atomic E-state index is 0.115. The number of morpholine rings is 1. The highest BCUT2D eigenvalue weighted by atomic mass is 127. The summed E-state index contributed by atoms with van der Waals surface area (Å²) < 4.78 is 12.0.